The molecule has 62 valence electrons. The molecule has 1 heterocycles. The van der Waals surface area contributed by atoms with Gasteiger partial charge in [-0.2, -0.15) is 5.21 Å². The molecule has 0 fully saturated rings. The molecule has 1 aromatic heterocycles. The molecule has 1 aliphatic carbocycles. The SMILES string of the molecule is CC1=C(c2nn[nH]n2)CCC=C1. The third-order valence-electron chi connectivity index (χ3n) is 2.02. The summed E-state index contributed by atoms with van der Waals surface area (Å²) in [7, 11) is 0. The minimum Gasteiger partial charge on any atom is -0.177 e. The molecule has 0 saturated heterocycles. The molecule has 1 aromatic rings. The Labute approximate surface area is 70.4 Å². The van der Waals surface area contributed by atoms with Crippen molar-refractivity contribution in [3.63, 3.8) is 0 Å². The van der Waals surface area contributed by atoms with E-state index in [-0.39, 0.29) is 0 Å². The Balaban J connectivity index is 2.40. The van der Waals surface area contributed by atoms with Gasteiger partial charge in [-0.3, -0.25) is 0 Å². The molecular weight excluding hydrogens is 152 g/mol. The van der Waals surface area contributed by atoms with Crippen molar-refractivity contribution in [1.29, 1.82) is 0 Å². The highest BCUT2D eigenvalue weighted by atomic mass is 15.5. The van der Waals surface area contributed by atoms with Crippen LogP contribution >= 0.6 is 0 Å². The molecule has 2 rings (SSSR count). The number of aromatic amines is 1. The van der Waals surface area contributed by atoms with E-state index in [1.807, 2.05) is 0 Å². The van der Waals surface area contributed by atoms with Crippen LogP contribution in [0.5, 0.6) is 0 Å². The van der Waals surface area contributed by atoms with E-state index in [0.29, 0.717) is 0 Å². The monoisotopic (exact) mass is 162 g/mol. The summed E-state index contributed by atoms with van der Waals surface area (Å²) in [6.07, 6.45) is 6.36. The number of H-pyrrole nitrogens is 1. The van der Waals surface area contributed by atoms with Gasteiger partial charge < -0.3 is 0 Å². The first-order valence-electron chi connectivity index (χ1n) is 3.98. The van der Waals surface area contributed by atoms with Crippen molar-refractivity contribution in [2.75, 3.05) is 0 Å². The Bertz CT molecular complexity index is 321. The van der Waals surface area contributed by atoms with Crippen molar-refractivity contribution in [3.05, 3.63) is 23.5 Å². The second-order valence-electron chi connectivity index (χ2n) is 2.84. The lowest BCUT2D eigenvalue weighted by Gasteiger charge is -2.08. The summed E-state index contributed by atoms with van der Waals surface area (Å²) >= 11 is 0. The number of tetrazole rings is 1. The van der Waals surface area contributed by atoms with Crippen molar-refractivity contribution in [2.24, 2.45) is 0 Å². The van der Waals surface area contributed by atoms with Crippen LogP contribution in [0.3, 0.4) is 0 Å². The zero-order valence-electron chi connectivity index (χ0n) is 6.91. The van der Waals surface area contributed by atoms with Gasteiger partial charge >= 0.3 is 0 Å². The maximum absolute atomic E-state index is 3.95. The van der Waals surface area contributed by atoms with Gasteiger partial charge in [0, 0.05) is 5.57 Å². The average Bonchev–Trinajstić information content (AvgIpc) is 2.57. The van der Waals surface area contributed by atoms with E-state index < -0.39 is 0 Å². The molecule has 0 aliphatic heterocycles. The van der Waals surface area contributed by atoms with E-state index in [9.17, 15) is 0 Å². The Morgan fingerprint density at radius 1 is 1.50 bits per heavy atom. The van der Waals surface area contributed by atoms with Crippen LogP contribution in [-0.2, 0) is 0 Å². The highest BCUT2D eigenvalue weighted by molar-refractivity contribution is 5.66. The first-order chi connectivity index (χ1) is 5.88. The van der Waals surface area contributed by atoms with Crippen LogP contribution in [0.15, 0.2) is 17.7 Å². The molecule has 0 radical (unpaired) electrons. The fourth-order valence-electron chi connectivity index (χ4n) is 1.36. The summed E-state index contributed by atoms with van der Waals surface area (Å²) in [5, 5.41) is 13.9. The molecule has 0 saturated carbocycles. The van der Waals surface area contributed by atoms with Crippen molar-refractivity contribution in [1.82, 2.24) is 20.6 Å². The molecule has 4 heteroatoms. The number of allylic oxidation sites excluding steroid dienone is 4. The highest BCUT2D eigenvalue weighted by Gasteiger charge is 2.10. The zero-order chi connectivity index (χ0) is 8.39. The molecule has 1 aliphatic rings. The minimum atomic E-state index is 0.733. The van der Waals surface area contributed by atoms with Crippen molar-refractivity contribution >= 4 is 5.57 Å². The standard InChI is InChI=1S/C8H10N4/c1-6-4-2-3-5-7(6)8-9-11-12-10-8/h2,4H,3,5H2,1H3,(H,9,10,11,12). The quantitative estimate of drug-likeness (QED) is 0.677. The zero-order valence-corrected chi connectivity index (χ0v) is 6.91. The van der Waals surface area contributed by atoms with Crippen LogP contribution in [0.25, 0.3) is 5.57 Å². The first kappa shape index (κ1) is 7.21. The summed E-state index contributed by atoms with van der Waals surface area (Å²) in [5.74, 6) is 0.733. The lowest BCUT2D eigenvalue weighted by atomic mass is 9.98. The Hall–Kier alpha value is -1.45. The van der Waals surface area contributed by atoms with Crippen LogP contribution in [0.1, 0.15) is 25.6 Å². The molecule has 4 nitrogen and oxygen atoms in total. The fraction of sp³-hybridized carbons (Fsp3) is 0.375. The van der Waals surface area contributed by atoms with Gasteiger partial charge in [-0.1, -0.05) is 12.2 Å². The lowest BCUT2D eigenvalue weighted by molar-refractivity contribution is 0.881. The van der Waals surface area contributed by atoms with Gasteiger partial charge in [0.15, 0.2) is 0 Å². The number of hydrogen-bond donors (Lipinski definition) is 1. The molecule has 0 spiro atoms. The molecule has 0 unspecified atom stereocenters. The van der Waals surface area contributed by atoms with Crippen LogP contribution in [0, 0.1) is 0 Å². The van der Waals surface area contributed by atoms with Crippen molar-refractivity contribution in [3.8, 4) is 0 Å². The van der Waals surface area contributed by atoms with Gasteiger partial charge in [0.1, 0.15) is 0 Å². The van der Waals surface area contributed by atoms with E-state index in [4.69, 9.17) is 0 Å². The van der Waals surface area contributed by atoms with E-state index >= 15 is 0 Å². The molecule has 1 N–H and O–H groups in total. The number of hydrogen-bond acceptors (Lipinski definition) is 3. The van der Waals surface area contributed by atoms with E-state index in [2.05, 4.69) is 39.7 Å². The molecule has 0 aromatic carbocycles. The van der Waals surface area contributed by atoms with Crippen molar-refractivity contribution < 1.29 is 0 Å². The van der Waals surface area contributed by atoms with Crippen LogP contribution < -0.4 is 0 Å². The Kier molecular flexibility index (Phi) is 1.74. The number of nitrogens with one attached hydrogen (secondary N) is 1. The predicted octanol–water partition coefficient (Wildman–Crippen LogP) is 1.32. The maximum atomic E-state index is 3.95. The van der Waals surface area contributed by atoms with E-state index in [1.165, 1.54) is 11.1 Å². The third-order valence-corrected chi connectivity index (χ3v) is 2.02. The first-order valence-corrected chi connectivity index (χ1v) is 3.98. The van der Waals surface area contributed by atoms with E-state index in [0.717, 1.165) is 18.7 Å². The molecule has 12 heavy (non-hydrogen) atoms. The minimum absolute atomic E-state index is 0.733. The second kappa shape index (κ2) is 2.89. The smallest absolute Gasteiger partial charge is 0.177 e. The van der Waals surface area contributed by atoms with Crippen LogP contribution in [-0.4, -0.2) is 20.6 Å². The second-order valence-corrected chi connectivity index (χ2v) is 2.84. The molecule has 0 amide bonds. The lowest BCUT2D eigenvalue weighted by Crippen LogP contribution is -1.94. The normalized spacial score (nSPS) is 17.1. The fourth-order valence-corrected chi connectivity index (χ4v) is 1.36. The van der Waals surface area contributed by atoms with Gasteiger partial charge in [0.05, 0.1) is 0 Å². The number of nitrogens with zero attached hydrogens (tertiary/aromatic N) is 3. The van der Waals surface area contributed by atoms with Gasteiger partial charge in [-0.15, -0.1) is 10.2 Å². The van der Waals surface area contributed by atoms with Gasteiger partial charge in [-0.25, -0.2) is 0 Å². The van der Waals surface area contributed by atoms with Gasteiger partial charge in [0.2, 0.25) is 5.82 Å². The molecule has 0 bridgehead atoms. The summed E-state index contributed by atoms with van der Waals surface area (Å²) in [6, 6.07) is 0. The highest BCUT2D eigenvalue weighted by Crippen LogP contribution is 2.24. The molecule has 0 atom stereocenters. The summed E-state index contributed by atoms with van der Waals surface area (Å²) in [5.41, 5.74) is 2.44. The van der Waals surface area contributed by atoms with Gasteiger partial charge in [-0.05, 0) is 30.6 Å². The number of rotatable bonds is 1. The molecular formula is C8H10N4. The maximum Gasteiger partial charge on any atom is 0.200 e. The summed E-state index contributed by atoms with van der Waals surface area (Å²) in [6.45, 7) is 2.07. The van der Waals surface area contributed by atoms with Crippen molar-refractivity contribution in [2.45, 2.75) is 19.8 Å². The predicted molar refractivity (Wildman–Crippen MR) is 45.1 cm³/mol. The summed E-state index contributed by atoms with van der Waals surface area (Å²) < 4.78 is 0. The summed E-state index contributed by atoms with van der Waals surface area (Å²) in [4.78, 5) is 0. The largest absolute Gasteiger partial charge is 0.200 e. The Morgan fingerprint density at radius 2 is 2.42 bits per heavy atom. The van der Waals surface area contributed by atoms with Crippen LogP contribution in [0.4, 0.5) is 0 Å². The number of aromatic nitrogens is 4. The third kappa shape index (κ3) is 1.15. The van der Waals surface area contributed by atoms with E-state index in [1.54, 1.807) is 0 Å². The van der Waals surface area contributed by atoms with Crippen LogP contribution in [0.2, 0.25) is 0 Å². The average molecular weight is 162 g/mol. The topological polar surface area (TPSA) is 54.5 Å². The van der Waals surface area contributed by atoms with Gasteiger partial charge in [0.25, 0.3) is 0 Å². The Morgan fingerprint density at radius 3 is 3.08 bits per heavy atom.